The summed E-state index contributed by atoms with van der Waals surface area (Å²) in [5.74, 6) is -0.0697. The fourth-order valence-electron chi connectivity index (χ4n) is 1.02. The molecular formula is C8H8N4O3S. The van der Waals surface area contributed by atoms with Crippen LogP contribution in [0.25, 0.3) is 11.6 Å². The molecule has 8 heteroatoms. The zero-order chi connectivity index (χ0) is 11.5. The predicted molar refractivity (Wildman–Crippen MR) is 55.0 cm³/mol. The van der Waals surface area contributed by atoms with E-state index >= 15 is 0 Å². The van der Waals surface area contributed by atoms with Gasteiger partial charge in [-0.25, -0.2) is 0 Å². The molecule has 0 bridgehead atoms. The molecular weight excluding hydrogens is 232 g/mol. The summed E-state index contributed by atoms with van der Waals surface area (Å²) in [6.45, 7) is 1.80. The van der Waals surface area contributed by atoms with Gasteiger partial charge in [0.05, 0.1) is 11.4 Å². The molecule has 0 radical (unpaired) electrons. The van der Waals surface area contributed by atoms with Gasteiger partial charge in [0.1, 0.15) is 0 Å². The summed E-state index contributed by atoms with van der Waals surface area (Å²) in [5, 5.41) is 19.1. The monoisotopic (exact) mass is 240 g/mol. The number of H-pyrrole nitrogens is 1. The Bertz CT molecular complexity index is 507. The maximum atomic E-state index is 10.3. The van der Waals surface area contributed by atoms with Crippen LogP contribution in [0.5, 0.6) is 0 Å². The molecule has 0 amide bonds. The van der Waals surface area contributed by atoms with Crippen LogP contribution in [-0.4, -0.2) is 37.2 Å². The minimum absolute atomic E-state index is 0.0767. The lowest BCUT2D eigenvalue weighted by Crippen LogP contribution is -1.97. The number of hydrogen-bond donors (Lipinski definition) is 2. The summed E-state index contributed by atoms with van der Waals surface area (Å²) in [6.07, 6.45) is 0. The molecule has 0 aliphatic heterocycles. The van der Waals surface area contributed by atoms with Gasteiger partial charge in [-0.1, -0.05) is 16.9 Å². The zero-order valence-electron chi connectivity index (χ0n) is 8.30. The quantitative estimate of drug-likeness (QED) is 0.766. The number of aromatic amines is 1. The van der Waals surface area contributed by atoms with E-state index in [0.29, 0.717) is 16.7 Å². The average Bonchev–Trinajstić information content (AvgIpc) is 2.83. The van der Waals surface area contributed by atoms with Crippen LogP contribution in [0, 0.1) is 6.92 Å². The van der Waals surface area contributed by atoms with Crippen molar-refractivity contribution in [2.24, 2.45) is 0 Å². The van der Waals surface area contributed by atoms with Gasteiger partial charge in [-0.3, -0.25) is 9.89 Å². The van der Waals surface area contributed by atoms with Crippen LogP contribution >= 0.6 is 11.8 Å². The molecule has 2 aromatic rings. The lowest BCUT2D eigenvalue weighted by Gasteiger charge is -1.87. The fraction of sp³-hybridized carbons (Fsp3) is 0.250. The van der Waals surface area contributed by atoms with Crippen molar-refractivity contribution in [1.82, 2.24) is 20.3 Å². The number of aliphatic carboxylic acids is 1. The van der Waals surface area contributed by atoms with E-state index in [1.165, 1.54) is 0 Å². The lowest BCUT2D eigenvalue weighted by atomic mass is 10.4. The Hall–Kier alpha value is -1.83. The van der Waals surface area contributed by atoms with Crippen LogP contribution in [0.1, 0.15) is 5.69 Å². The molecule has 0 spiro atoms. The van der Waals surface area contributed by atoms with Crippen LogP contribution < -0.4 is 0 Å². The third-order valence-electron chi connectivity index (χ3n) is 1.65. The second kappa shape index (κ2) is 4.35. The smallest absolute Gasteiger partial charge is 0.313 e. The number of rotatable bonds is 4. The molecule has 0 aliphatic carbocycles. The number of aromatic nitrogens is 4. The average molecular weight is 240 g/mol. The second-order valence-corrected chi connectivity index (χ2v) is 3.92. The van der Waals surface area contributed by atoms with Gasteiger partial charge in [0.15, 0.2) is 5.82 Å². The highest BCUT2D eigenvalue weighted by molar-refractivity contribution is 7.99. The van der Waals surface area contributed by atoms with E-state index in [1.807, 2.05) is 0 Å². The van der Waals surface area contributed by atoms with Crippen molar-refractivity contribution in [2.45, 2.75) is 12.1 Å². The lowest BCUT2D eigenvalue weighted by molar-refractivity contribution is -0.133. The Morgan fingerprint density at radius 2 is 2.50 bits per heavy atom. The summed E-state index contributed by atoms with van der Waals surface area (Å²) >= 11 is 1.04. The highest BCUT2D eigenvalue weighted by Gasteiger charge is 2.11. The number of carboxylic acids is 1. The molecule has 2 rings (SSSR count). The van der Waals surface area contributed by atoms with Gasteiger partial charge in [-0.15, -0.1) is 5.10 Å². The Kier molecular flexibility index (Phi) is 2.91. The number of nitrogens with zero attached hydrogens (tertiary/aromatic N) is 3. The second-order valence-electron chi connectivity index (χ2n) is 2.98. The van der Waals surface area contributed by atoms with Crippen molar-refractivity contribution >= 4 is 17.7 Å². The van der Waals surface area contributed by atoms with Crippen LogP contribution in [-0.2, 0) is 4.79 Å². The SMILES string of the molecule is Cc1cc(-c2nc(SCC(=O)O)n[nH]2)on1. The number of nitrogens with one attached hydrogen (secondary N) is 1. The normalized spacial score (nSPS) is 10.6. The van der Waals surface area contributed by atoms with Crippen molar-refractivity contribution in [3.8, 4) is 11.6 Å². The number of aryl methyl sites for hydroxylation is 1. The van der Waals surface area contributed by atoms with E-state index in [2.05, 4.69) is 20.3 Å². The van der Waals surface area contributed by atoms with E-state index in [0.717, 1.165) is 17.5 Å². The number of hydrogen-bond acceptors (Lipinski definition) is 6. The molecule has 0 saturated heterocycles. The van der Waals surface area contributed by atoms with Crippen molar-refractivity contribution in [2.75, 3.05) is 5.75 Å². The first-order chi connectivity index (χ1) is 7.65. The van der Waals surface area contributed by atoms with Crippen LogP contribution in [0.4, 0.5) is 0 Å². The molecule has 2 heterocycles. The fourth-order valence-corrected chi connectivity index (χ4v) is 1.54. The first-order valence-electron chi connectivity index (χ1n) is 4.36. The summed E-state index contributed by atoms with van der Waals surface area (Å²) < 4.78 is 4.98. The molecule has 0 aromatic carbocycles. The van der Waals surface area contributed by atoms with Crippen molar-refractivity contribution in [1.29, 1.82) is 0 Å². The third kappa shape index (κ3) is 2.40. The molecule has 0 atom stereocenters. The first-order valence-corrected chi connectivity index (χ1v) is 5.34. The predicted octanol–water partition coefficient (Wildman–Crippen LogP) is 0.945. The Balaban J connectivity index is 2.10. The Morgan fingerprint density at radius 1 is 1.69 bits per heavy atom. The summed E-state index contributed by atoms with van der Waals surface area (Å²) in [5.41, 5.74) is 0.742. The highest BCUT2D eigenvalue weighted by Crippen LogP contribution is 2.19. The third-order valence-corrected chi connectivity index (χ3v) is 2.48. The molecule has 0 fully saturated rings. The van der Waals surface area contributed by atoms with Crippen molar-refractivity contribution in [3.05, 3.63) is 11.8 Å². The van der Waals surface area contributed by atoms with Crippen LogP contribution in [0.15, 0.2) is 15.7 Å². The molecule has 2 N–H and O–H groups in total. The molecule has 0 unspecified atom stereocenters. The van der Waals surface area contributed by atoms with Gasteiger partial charge in [-0.05, 0) is 6.92 Å². The summed E-state index contributed by atoms with van der Waals surface area (Å²) in [7, 11) is 0. The highest BCUT2D eigenvalue weighted by atomic mass is 32.2. The van der Waals surface area contributed by atoms with E-state index in [-0.39, 0.29) is 5.75 Å². The number of thioether (sulfide) groups is 1. The van der Waals surface area contributed by atoms with Crippen LogP contribution in [0.3, 0.4) is 0 Å². The van der Waals surface area contributed by atoms with E-state index < -0.39 is 5.97 Å². The van der Waals surface area contributed by atoms with Gasteiger partial charge >= 0.3 is 5.97 Å². The Labute approximate surface area is 94.2 Å². The van der Waals surface area contributed by atoms with Crippen molar-refractivity contribution in [3.63, 3.8) is 0 Å². The van der Waals surface area contributed by atoms with E-state index in [4.69, 9.17) is 9.63 Å². The van der Waals surface area contributed by atoms with Gasteiger partial charge in [0, 0.05) is 6.07 Å². The Morgan fingerprint density at radius 3 is 3.12 bits per heavy atom. The number of carboxylic acid groups (broad SMARTS) is 1. The van der Waals surface area contributed by atoms with Crippen LogP contribution in [0.2, 0.25) is 0 Å². The molecule has 7 nitrogen and oxygen atoms in total. The molecule has 16 heavy (non-hydrogen) atoms. The van der Waals surface area contributed by atoms with Gasteiger partial charge < -0.3 is 9.63 Å². The van der Waals surface area contributed by atoms with Gasteiger partial charge in [0.2, 0.25) is 10.9 Å². The molecule has 0 aliphatic rings. The van der Waals surface area contributed by atoms with Gasteiger partial charge in [-0.2, -0.15) is 4.98 Å². The standard InChI is InChI=1S/C8H8N4O3S/c1-4-2-5(15-12-4)7-9-8(11-10-7)16-3-6(13)14/h2H,3H2,1H3,(H,13,14)(H,9,10,11). The molecule has 0 saturated carbocycles. The minimum Gasteiger partial charge on any atom is -0.481 e. The number of carbonyl (C=O) groups is 1. The van der Waals surface area contributed by atoms with Gasteiger partial charge in [0.25, 0.3) is 0 Å². The maximum absolute atomic E-state index is 10.3. The van der Waals surface area contributed by atoms with E-state index in [1.54, 1.807) is 13.0 Å². The largest absolute Gasteiger partial charge is 0.481 e. The minimum atomic E-state index is -0.910. The summed E-state index contributed by atoms with van der Waals surface area (Å²) in [6, 6.07) is 1.71. The molecule has 84 valence electrons. The summed E-state index contributed by atoms with van der Waals surface area (Å²) in [4.78, 5) is 14.4. The molecule has 2 aromatic heterocycles. The zero-order valence-corrected chi connectivity index (χ0v) is 9.11. The van der Waals surface area contributed by atoms with E-state index in [9.17, 15) is 4.79 Å². The first kappa shape index (κ1) is 10.7. The maximum Gasteiger partial charge on any atom is 0.313 e. The van der Waals surface area contributed by atoms with Crippen molar-refractivity contribution < 1.29 is 14.4 Å². The topological polar surface area (TPSA) is 105 Å².